The van der Waals surface area contributed by atoms with Crippen molar-refractivity contribution in [3.05, 3.63) is 66.1 Å². The highest BCUT2D eigenvalue weighted by Crippen LogP contribution is 2.40. The molecule has 1 aromatic carbocycles. The molecule has 2 aliphatic rings. The Kier molecular flexibility index (Phi) is 4.94. The summed E-state index contributed by atoms with van der Waals surface area (Å²) in [7, 11) is 0. The van der Waals surface area contributed by atoms with Crippen LogP contribution in [0.3, 0.4) is 0 Å². The summed E-state index contributed by atoms with van der Waals surface area (Å²) in [6.45, 7) is 0.281. The molecule has 2 amide bonds. The third-order valence-corrected chi connectivity index (χ3v) is 6.45. The van der Waals surface area contributed by atoms with Gasteiger partial charge in [0, 0.05) is 17.8 Å². The Morgan fingerprint density at radius 3 is 2.67 bits per heavy atom. The van der Waals surface area contributed by atoms with E-state index in [0.29, 0.717) is 17.3 Å². The lowest BCUT2D eigenvalue weighted by molar-refractivity contribution is -0.125. The van der Waals surface area contributed by atoms with Crippen LogP contribution < -0.4 is 5.32 Å². The standard InChI is InChI=1S/C23H25N5O2/c29-22(24-15-21-26-25-20-12-6-7-13-27(20)21)19-14-17-10-4-5-11-18(17)28(19)23(30)16-8-2-1-3-9-16/h1-3,6-9,12-13,17-19H,4-5,10-11,14-15H2,(H,24,29). The molecule has 3 aromatic rings. The average molecular weight is 403 g/mol. The molecule has 154 valence electrons. The molecule has 1 N–H and O–H groups in total. The van der Waals surface area contributed by atoms with Gasteiger partial charge < -0.3 is 10.2 Å². The molecular weight excluding hydrogens is 378 g/mol. The second-order valence-electron chi connectivity index (χ2n) is 8.20. The summed E-state index contributed by atoms with van der Waals surface area (Å²) in [6, 6.07) is 14.7. The molecule has 2 aromatic heterocycles. The quantitative estimate of drug-likeness (QED) is 0.727. The van der Waals surface area contributed by atoms with Crippen LogP contribution in [-0.4, -0.2) is 43.4 Å². The van der Waals surface area contributed by atoms with Gasteiger partial charge in [0.2, 0.25) is 5.91 Å². The van der Waals surface area contributed by atoms with E-state index in [1.54, 1.807) is 0 Å². The lowest BCUT2D eigenvalue weighted by atomic mass is 9.84. The summed E-state index contributed by atoms with van der Waals surface area (Å²) >= 11 is 0. The molecular formula is C23H25N5O2. The van der Waals surface area contributed by atoms with Crippen LogP contribution in [0.25, 0.3) is 5.65 Å². The van der Waals surface area contributed by atoms with Crippen LogP contribution in [0.2, 0.25) is 0 Å². The summed E-state index contributed by atoms with van der Waals surface area (Å²) in [6.07, 6.45) is 6.96. The van der Waals surface area contributed by atoms with E-state index in [9.17, 15) is 9.59 Å². The summed E-state index contributed by atoms with van der Waals surface area (Å²) < 4.78 is 1.86. The van der Waals surface area contributed by atoms with E-state index in [4.69, 9.17) is 0 Å². The van der Waals surface area contributed by atoms with E-state index in [2.05, 4.69) is 15.5 Å². The zero-order chi connectivity index (χ0) is 20.5. The van der Waals surface area contributed by atoms with Gasteiger partial charge in [-0.15, -0.1) is 10.2 Å². The van der Waals surface area contributed by atoms with Crippen molar-refractivity contribution in [3.8, 4) is 0 Å². The number of aromatic nitrogens is 3. The van der Waals surface area contributed by atoms with Crippen molar-refractivity contribution < 1.29 is 9.59 Å². The normalized spacial score (nSPS) is 23.3. The van der Waals surface area contributed by atoms with Crippen LogP contribution in [-0.2, 0) is 11.3 Å². The number of rotatable bonds is 4. The zero-order valence-corrected chi connectivity index (χ0v) is 16.8. The van der Waals surface area contributed by atoms with E-state index in [1.807, 2.05) is 64.0 Å². The number of fused-ring (bicyclic) bond motifs is 2. The highest BCUT2D eigenvalue weighted by atomic mass is 16.2. The van der Waals surface area contributed by atoms with Crippen molar-refractivity contribution in [2.45, 2.75) is 50.7 Å². The molecule has 2 fully saturated rings. The molecule has 1 aliphatic carbocycles. The highest BCUT2D eigenvalue weighted by Gasteiger charge is 2.47. The van der Waals surface area contributed by atoms with Gasteiger partial charge in [-0.3, -0.25) is 14.0 Å². The number of amides is 2. The molecule has 5 rings (SSSR count). The van der Waals surface area contributed by atoms with Gasteiger partial charge in [0.05, 0.1) is 6.54 Å². The second kappa shape index (κ2) is 7.89. The molecule has 0 spiro atoms. The summed E-state index contributed by atoms with van der Waals surface area (Å²) in [5.41, 5.74) is 1.39. The number of hydrogen-bond acceptors (Lipinski definition) is 4. The number of benzene rings is 1. The van der Waals surface area contributed by atoms with Crippen LogP contribution in [0, 0.1) is 5.92 Å². The largest absolute Gasteiger partial charge is 0.347 e. The number of pyridine rings is 1. The van der Waals surface area contributed by atoms with Crippen molar-refractivity contribution in [2.24, 2.45) is 5.92 Å². The van der Waals surface area contributed by atoms with Gasteiger partial charge in [-0.2, -0.15) is 0 Å². The van der Waals surface area contributed by atoms with Crippen molar-refractivity contribution in [1.82, 2.24) is 24.8 Å². The smallest absolute Gasteiger partial charge is 0.254 e. The predicted octanol–water partition coefficient (Wildman–Crippen LogP) is 2.82. The highest BCUT2D eigenvalue weighted by molar-refractivity contribution is 5.98. The Hall–Kier alpha value is -3.22. The molecule has 7 heteroatoms. The van der Waals surface area contributed by atoms with Gasteiger partial charge in [0.1, 0.15) is 6.04 Å². The average Bonchev–Trinajstić information content (AvgIpc) is 3.39. The Balaban J connectivity index is 1.36. The first-order valence-electron chi connectivity index (χ1n) is 10.7. The molecule has 1 saturated heterocycles. The van der Waals surface area contributed by atoms with E-state index in [1.165, 1.54) is 6.42 Å². The number of likely N-dealkylation sites (tertiary alicyclic amines) is 1. The van der Waals surface area contributed by atoms with E-state index in [-0.39, 0.29) is 24.4 Å². The van der Waals surface area contributed by atoms with Gasteiger partial charge in [-0.25, -0.2) is 0 Å². The lowest BCUT2D eigenvalue weighted by Gasteiger charge is -2.33. The SMILES string of the molecule is O=C(NCc1nnc2ccccn12)C1CC2CCCCC2N1C(=O)c1ccccc1. The molecule has 3 atom stereocenters. The topological polar surface area (TPSA) is 79.6 Å². The maximum Gasteiger partial charge on any atom is 0.254 e. The first-order chi connectivity index (χ1) is 14.7. The number of nitrogens with one attached hydrogen (secondary N) is 1. The first kappa shape index (κ1) is 18.8. The molecule has 30 heavy (non-hydrogen) atoms. The Morgan fingerprint density at radius 2 is 1.80 bits per heavy atom. The number of carbonyl (C=O) groups excluding carboxylic acids is 2. The molecule has 3 unspecified atom stereocenters. The van der Waals surface area contributed by atoms with Crippen LogP contribution in [0.4, 0.5) is 0 Å². The number of carbonyl (C=O) groups is 2. The molecule has 1 saturated carbocycles. The number of nitrogens with zero attached hydrogens (tertiary/aromatic N) is 4. The van der Waals surface area contributed by atoms with E-state index >= 15 is 0 Å². The van der Waals surface area contributed by atoms with Crippen molar-refractivity contribution in [2.75, 3.05) is 0 Å². The Labute approximate surface area is 175 Å². The lowest BCUT2D eigenvalue weighted by Crippen LogP contribution is -2.49. The summed E-state index contributed by atoms with van der Waals surface area (Å²) in [5, 5.41) is 11.3. The first-order valence-corrected chi connectivity index (χ1v) is 10.7. The molecule has 0 bridgehead atoms. The fourth-order valence-electron chi connectivity index (χ4n) is 5.01. The maximum absolute atomic E-state index is 13.3. The third kappa shape index (κ3) is 3.34. The monoisotopic (exact) mass is 403 g/mol. The minimum Gasteiger partial charge on any atom is -0.347 e. The minimum absolute atomic E-state index is 0.0434. The molecule has 7 nitrogen and oxygen atoms in total. The fraction of sp³-hybridized carbons (Fsp3) is 0.391. The Bertz CT molecular complexity index is 1060. The van der Waals surface area contributed by atoms with Crippen LogP contribution in [0.1, 0.15) is 48.3 Å². The third-order valence-electron chi connectivity index (χ3n) is 6.45. The molecule has 1 aliphatic heterocycles. The van der Waals surface area contributed by atoms with Gasteiger partial charge in [-0.1, -0.05) is 37.1 Å². The van der Waals surface area contributed by atoms with Crippen LogP contribution >= 0.6 is 0 Å². The molecule has 3 heterocycles. The van der Waals surface area contributed by atoms with Crippen molar-refractivity contribution >= 4 is 17.5 Å². The zero-order valence-electron chi connectivity index (χ0n) is 16.8. The summed E-state index contributed by atoms with van der Waals surface area (Å²) in [5.74, 6) is 0.922. The van der Waals surface area contributed by atoms with Gasteiger partial charge in [0.15, 0.2) is 11.5 Å². The molecule has 0 radical (unpaired) electrons. The van der Waals surface area contributed by atoms with Gasteiger partial charge in [0.25, 0.3) is 5.91 Å². The van der Waals surface area contributed by atoms with Gasteiger partial charge >= 0.3 is 0 Å². The Morgan fingerprint density at radius 1 is 1.00 bits per heavy atom. The summed E-state index contributed by atoms with van der Waals surface area (Å²) in [4.78, 5) is 28.4. The van der Waals surface area contributed by atoms with Gasteiger partial charge in [-0.05, 0) is 49.4 Å². The van der Waals surface area contributed by atoms with E-state index in [0.717, 1.165) is 31.3 Å². The van der Waals surface area contributed by atoms with Crippen LogP contribution in [0.15, 0.2) is 54.7 Å². The fourth-order valence-corrected chi connectivity index (χ4v) is 5.01. The van der Waals surface area contributed by atoms with Crippen molar-refractivity contribution in [3.63, 3.8) is 0 Å². The maximum atomic E-state index is 13.3. The number of hydrogen-bond donors (Lipinski definition) is 1. The van der Waals surface area contributed by atoms with Crippen molar-refractivity contribution in [1.29, 1.82) is 0 Å². The predicted molar refractivity (Wildman–Crippen MR) is 112 cm³/mol. The minimum atomic E-state index is -0.440. The van der Waals surface area contributed by atoms with Crippen LogP contribution in [0.5, 0.6) is 0 Å². The van der Waals surface area contributed by atoms with E-state index < -0.39 is 6.04 Å². The second-order valence-corrected chi connectivity index (χ2v) is 8.20.